The van der Waals surface area contributed by atoms with Crippen molar-refractivity contribution in [3.05, 3.63) is 23.9 Å². The van der Waals surface area contributed by atoms with Crippen molar-refractivity contribution in [2.45, 2.75) is 38.0 Å². The van der Waals surface area contributed by atoms with Gasteiger partial charge in [-0.05, 0) is 50.9 Å². The van der Waals surface area contributed by atoms with Crippen molar-refractivity contribution in [1.29, 1.82) is 0 Å². The Balaban J connectivity index is 1.42. The molecule has 1 aromatic carbocycles. The van der Waals surface area contributed by atoms with Gasteiger partial charge < -0.3 is 25.0 Å². The summed E-state index contributed by atoms with van der Waals surface area (Å²) in [5.74, 6) is 1.87. The second kappa shape index (κ2) is 9.08. The third-order valence-corrected chi connectivity index (χ3v) is 6.46. The molecule has 1 amide bonds. The largest absolute Gasteiger partial charge is 0.493 e. The fourth-order valence-corrected chi connectivity index (χ4v) is 4.68. The van der Waals surface area contributed by atoms with Gasteiger partial charge >= 0.3 is 0 Å². The summed E-state index contributed by atoms with van der Waals surface area (Å²) in [6, 6.07) is 5.77. The number of benzene rings is 1. The molecule has 4 rings (SSSR count). The highest BCUT2D eigenvalue weighted by molar-refractivity contribution is 5.86. The smallest absolute Gasteiger partial charge is 0.223 e. The minimum atomic E-state index is 0.269. The zero-order chi connectivity index (χ0) is 21.1. The van der Waals surface area contributed by atoms with E-state index >= 15 is 0 Å². The summed E-state index contributed by atoms with van der Waals surface area (Å²) in [5.41, 5.74) is 8.85. The first-order chi connectivity index (χ1) is 14.6. The molecule has 0 spiro atoms. The Labute approximate surface area is 178 Å². The van der Waals surface area contributed by atoms with Crippen molar-refractivity contribution >= 4 is 22.5 Å². The number of nitrogen functional groups attached to an aromatic ring is 1. The zero-order valence-corrected chi connectivity index (χ0v) is 18.0. The van der Waals surface area contributed by atoms with E-state index in [0.717, 1.165) is 62.2 Å². The van der Waals surface area contributed by atoms with E-state index in [-0.39, 0.29) is 11.8 Å². The molecule has 2 fully saturated rings. The van der Waals surface area contributed by atoms with Crippen LogP contribution in [0.2, 0.25) is 0 Å². The fourth-order valence-electron chi connectivity index (χ4n) is 4.68. The van der Waals surface area contributed by atoms with E-state index in [1.165, 1.54) is 12.8 Å². The van der Waals surface area contributed by atoms with E-state index in [2.05, 4.69) is 4.90 Å². The quantitative estimate of drug-likeness (QED) is 0.786. The van der Waals surface area contributed by atoms with Crippen LogP contribution in [0.25, 0.3) is 10.9 Å². The molecule has 0 atom stereocenters. The van der Waals surface area contributed by atoms with E-state index in [1.807, 2.05) is 23.1 Å². The van der Waals surface area contributed by atoms with Gasteiger partial charge in [0, 0.05) is 43.4 Å². The van der Waals surface area contributed by atoms with Gasteiger partial charge in [0.2, 0.25) is 5.91 Å². The number of aromatic nitrogens is 1. The first kappa shape index (κ1) is 20.7. The number of nitrogens with zero attached hydrogens (tertiary/aromatic N) is 3. The monoisotopic (exact) mass is 412 g/mol. The van der Waals surface area contributed by atoms with Gasteiger partial charge in [-0.3, -0.25) is 9.78 Å². The number of methoxy groups -OCH3 is 2. The molecule has 2 saturated heterocycles. The molecule has 2 aliphatic rings. The van der Waals surface area contributed by atoms with Crippen molar-refractivity contribution in [2.75, 3.05) is 52.7 Å². The summed E-state index contributed by atoms with van der Waals surface area (Å²) in [6.07, 6.45) is 4.94. The molecule has 1 aromatic heterocycles. The van der Waals surface area contributed by atoms with Gasteiger partial charge in [-0.2, -0.15) is 0 Å². The van der Waals surface area contributed by atoms with Crippen molar-refractivity contribution in [2.24, 2.45) is 0 Å². The van der Waals surface area contributed by atoms with Crippen LogP contribution in [0.1, 0.15) is 43.7 Å². The van der Waals surface area contributed by atoms with Crippen molar-refractivity contribution < 1.29 is 14.3 Å². The van der Waals surface area contributed by atoms with Crippen LogP contribution in [-0.4, -0.2) is 67.6 Å². The molecular formula is C23H32N4O3. The summed E-state index contributed by atoms with van der Waals surface area (Å²) < 4.78 is 10.8. The topological polar surface area (TPSA) is 80.9 Å². The Hall–Kier alpha value is -2.54. The lowest BCUT2D eigenvalue weighted by molar-refractivity contribution is -0.132. The van der Waals surface area contributed by atoms with Crippen LogP contribution in [0.4, 0.5) is 5.69 Å². The molecule has 7 nitrogen and oxygen atoms in total. The summed E-state index contributed by atoms with van der Waals surface area (Å²) >= 11 is 0. The number of carbonyl (C=O) groups excluding carboxylic acids is 1. The Bertz CT molecular complexity index is 903. The predicted octanol–water partition coefficient (Wildman–Crippen LogP) is 3.03. The van der Waals surface area contributed by atoms with Crippen LogP contribution in [0.15, 0.2) is 18.2 Å². The molecule has 0 aliphatic carbocycles. The number of anilines is 1. The number of rotatable bonds is 6. The second-order valence-corrected chi connectivity index (χ2v) is 8.32. The summed E-state index contributed by atoms with van der Waals surface area (Å²) in [6.45, 7) is 4.71. The van der Waals surface area contributed by atoms with Gasteiger partial charge in [-0.25, -0.2) is 0 Å². The fraction of sp³-hybridized carbons (Fsp3) is 0.565. The molecule has 0 saturated carbocycles. The number of piperidine rings is 1. The van der Waals surface area contributed by atoms with Gasteiger partial charge in [0.1, 0.15) is 0 Å². The number of likely N-dealkylation sites (tertiary alicyclic amines) is 2. The van der Waals surface area contributed by atoms with Crippen LogP contribution >= 0.6 is 0 Å². The molecule has 2 aliphatic heterocycles. The van der Waals surface area contributed by atoms with Gasteiger partial charge in [0.05, 0.1) is 31.1 Å². The van der Waals surface area contributed by atoms with Crippen LogP contribution in [-0.2, 0) is 4.79 Å². The van der Waals surface area contributed by atoms with Crippen LogP contribution in [0.3, 0.4) is 0 Å². The zero-order valence-electron chi connectivity index (χ0n) is 18.0. The molecule has 3 heterocycles. The predicted molar refractivity (Wildman–Crippen MR) is 118 cm³/mol. The van der Waals surface area contributed by atoms with E-state index in [1.54, 1.807) is 14.2 Å². The third-order valence-electron chi connectivity index (χ3n) is 6.46. The molecule has 7 heteroatoms. The average Bonchev–Trinajstić information content (AvgIpc) is 3.30. The van der Waals surface area contributed by atoms with Gasteiger partial charge in [-0.15, -0.1) is 0 Å². The lowest BCUT2D eigenvalue weighted by atomic mass is 9.91. The van der Waals surface area contributed by atoms with Crippen molar-refractivity contribution in [3.8, 4) is 11.5 Å². The number of carbonyl (C=O) groups is 1. The first-order valence-corrected chi connectivity index (χ1v) is 10.9. The highest BCUT2D eigenvalue weighted by Gasteiger charge is 2.26. The highest BCUT2D eigenvalue weighted by Crippen LogP contribution is 2.36. The summed E-state index contributed by atoms with van der Waals surface area (Å²) in [5, 5.41) is 0.934. The minimum absolute atomic E-state index is 0.269. The highest BCUT2D eigenvalue weighted by atomic mass is 16.5. The lowest BCUT2D eigenvalue weighted by Gasteiger charge is -2.32. The molecule has 30 heavy (non-hydrogen) atoms. The number of hydrogen-bond acceptors (Lipinski definition) is 6. The molecule has 0 radical (unpaired) electrons. The number of amides is 1. The van der Waals surface area contributed by atoms with Gasteiger partial charge in [0.15, 0.2) is 11.5 Å². The second-order valence-electron chi connectivity index (χ2n) is 8.32. The Morgan fingerprint density at radius 3 is 2.40 bits per heavy atom. The van der Waals surface area contributed by atoms with Gasteiger partial charge in [-0.1, -0.05) is 0 Å². The van der Waals surface area contributed by atoms with Crippen molar-refractivity contribution in [3.63, 3.8) is 0 Å². The van der Waals surface area contributed by atoms with Crippen LogP contribution in [0, 0.1) is 0 Å². The molecule has 162 valence electrons. The number of ether oxygens (including phenoxy) is 2. The summed E-state index contributed by atoms with van der Waals surface area (Å²) in [4.78, 5) is 21.9. The van der Waals surface area contributed by atoms with E-state index < -0.39 is 0 Å². The number of fused-ring (bicyclic) bond motifs is 1. The molecule has 2 aromatic rings. The molecule has 0 bridgehead atoms. The standard InChI is InChI=1S/C23H32N4O3/c1-29-20-14-17-13-18(24)23(25-19(17)15-21(20)30-2)16-5-11-27(12-6-16)22(28)7-10-26-8-3-4-9-26/h13-16H,3-12,24H2,1-2H3. The van der Waals surface area contributed by atoms with Crippen molar-refractivity contribution in [1.82, 2.24) is 14.8 Å². The molecule has 0 unspecified atom stereocenters. The number of hydrogen-bond donors (Lipinski definition) is 1. The van der Waals surface area contributed by atoms with E-state index in [0.29, 0.717) is 23.6 Å². The Kier molecular flexibility index (Phi) is 6.27. The molecule has 2 N–H and O–H groups in total. The lowest BCUT2D eigenvalue weighted by Crippen LogP contribution is -2.39. The average molecular weight is 413 g/mol. The summed E-state index contributed by atoms with van der Waals surface area (Å²) in [7, 11) is 3.24. The van der Waals surface area contributed by atoms with Crippen LogP contribution < -0.4 is 15.2 Å². The first-order valence-electron chi connectivity index (χ1n) is 10.9. The number of nitrogens with two attached hydrogens (primary N) is 1. The normalized spacial score (nSPS) is 18.1. The third kappa shape index (κ3) is 4.31. The van der Waals surface area contributed by atoms with Crippen LogP contribution in [0.5, 0.6) is 11.5 Å². The molecular weight excluding hydrogens is 380 g/mol. The minimum Gasteiger partial charge on any atom is -0.493 e. The maximum Gasteiger partial charge on any atom is 0.223 e. The SMILES string of the molecule is COc1cc2cc(N)c(C3CCN(C(=O)CCN4CCCC4)CC3)nc2cc1OC. The van der Waals surface area contributed by atoms with E-state index in [9.17, 15) is 4.79 Å². The maximum absolute atomic E-state index is 12.6. The maximum atomic E-state index is 12.6. The Morgan fingerprint density at radius 2 is 1.73 bits per heavy atom. The van der Waals surface area contributed by atoms with E-state index in [4.69, 9.17) is 20.2 Å². The number of pyridine rings is 1. The Morgan fingerprint density at radius 1 is 1.07 bits per heavy atom. The van der Waals surface area contributed by atoms with Gasteiger partial charge in [0.25, 0.3) is 0 Å².